The van der Waals surface area contributed by atoms with Gasteiger partial charge in [-0.25, -0.2) is 4.40 Å². The minimum absolute atomic E-state index is 0.196. The first kappa shape index (κ1) is 17.7. The molecule has 1 aromatic rings. The van der Waals surface area contributed by atoms with Crippen LogP contribution in [0.1, 0.15) is 40.5 Å². The van der Waals surface area contributed by atoms with Gasteiger partial charge in [0.1, 0.15) is 0 Å². The molecule has 6 nitrogen and oxygen atoms in total. The Morgan fingerprint density at radius 1 is 1.15 bits per heavy atom. The van der Waals surface area contributed by atoms with Crippen LogP contribution in [0.2, 0.25) is 0 Å². The lowest BCUT2D eigenvalue weighted by atomic mass is 9.76. The van der Waals surface area contributed by atoms with Crippen molar-refractivity contribution in [2.75, 3.05) is 25.4 Å². The number of rotatable bonds is 4. The fraction of sp³-hybridized carbons (Fsp3) is 0.526. The van der Waals surface area contributed by atoms with Gasteiger partial charge >= 0.3 is 0 Å². The molecular formula is C19H22N4O2S2. The van der Waals surface area contributed by atoms with Crippen LogP contribution >= 0.6 is 24.1 Å². The molecule has 0 aromatic heterocycles. The van der Waals surface area contributed by atoms with Gasteiger partial charge in [0, 0.05) is 18.2 Å². The summed E-state index contributed by atoms with van der Waals surface area (Å²) in [5, 5.41) is 0. The van der Waals surface area contributed by atoms with Crippen molar-refractivity contribution in [1.82, 2.24) is 13.5 Å². The Balaban J connectivity index is 1.50. The molecule has 0 aliphatic carbocycles. The first-order chi connectivity index (χ1) is 13.2. The van der Waals surface area contributed by atoms with Gasteiger partial charge in [0.05, 0.1) is 29.0 Å². The van der Waals surface area contributed by atoms with Crippen LogP contribution in [0.25, 0.3) is 0 Å². The largest absolute Gasteiger partial charge is 0.303 e. The predicted octanol–water partition coefficient (Wildman–Crippen LogP) is 2.94. The van der Waals surface area contributed by atoms with E-state index in [1.165, 1.54) is 29.9 Å². The summed E-state index contributed by atoms with van der Waals surface area (Å²) in [6.07, 6.45) is 1.98. The molecule has 3 saturated heterocycles. The molecule has 0 N–H and O–H groups in total. The number of hydrogen-bond donors (Lipinski definition) is 0. The molecule has 1 aromatic carbocycles. The highest BCUT2D eigenvalue weighted by Crippen LogP contribution is 2.43. The van der Waals surface area contributed by atoms with Gasteiger partial charge in [-0.3, -0.25) is 14.5 Å². The molecule has 2 bridgehead atoms. The zero-order valence-electron chi connectivity index (χ0n) is 15.2. The van der Waals surface area contributed by atoms with Crippen molar-refractivity contribution >= 4 is 41.6 Å². The number of nitrogens with zero attached hydrogens (tertiary/aromatic N) is 4. The smallest absolute Gasteiger partial charge is 0.263 e. The number of imide groups is 1. The van der Waals surface area contributed by atoms with Crippen molar-refractivity contribution in [2.45, 2.75) is 25.9 Å². The summed E-state index contributed by atoms with van der Waals surface area (Å²) in [5.41, 5.74) is 2.02. The molecule has 0 spiro atoms. The van der Waals surface area contributed by atoms with E-state index in [-0.39, 0.29) is 11.8 Å². The second-order valence-electron chi connectivity index (χ2n) is 7.45. The van der Waals surface area contributed by atoms with Crippen LogP contribution in [-0.2, 0) is 0 Å². The van der Waals surface area contributed by atoms with Crippen molar-refractivity contribution < 1.29 is 9.59 Å². The molecular weight excluding hydrogens is 380 g/mol. The highest BCUT2D eigenvalue weighted by atomic mass is 32.2. The summed E-state index contributed by atoms with van der Waals surface area (Å²) >= 11 is 3.02. The third-order valence-electron chi connectivity index (χ3n) is 6.05. The molecule has 8 heteroatoms. The Morgan fingerprint density at radius 2 is 1.81 bits per heavy atom. The average molecular weight is 403 g/mol. The summed E-state index contributed by atoms with van der Waals surface area (Å²) in [4.78, 5) is 30.2. The number of benzene rings is 1. The zero-order valence-corrected chi connectivity index (χ0v) is 16.8. The van der Waals surface area contributed by atoms with Gasteiger partial charge in [0.25, 0.3) is 11.8 Å². The number of carbonyl (C=O) groups excluding carboxylic acids is 2. The maximum absolute atomic E-state index is 13.1. The molecule has 0 radical (unpaired) electrons. The summed E-state index contributed by atoms with van der Waals surface area (Å²) in [6.45, 7) is 5.39. The normalized spacial score (nSPS) is 32.9. The van der Waals surface area contributed by atoms with Gasteiger partial charge in [0.2, 0.25) is 0 Å². The number of amides is 2. The Bertz CT molecular complexity index is 787. The summed E-state index contributed by atoms with van der Waals surface area (Å²) in [7, 11) is 0. The topological polar surface area (TPSA) is 56.2 Å². The molecule has 5 heterocycles. The number of fused-ring (bicyclic) bond motifs is 4. The lowest BCUT2D eigenvalue weighted by Crippen LogP contribution is -2.57. The predicted molar refractivity (Wildman–Crippen MR) is 108 cm³/mol. The van der Waals surface area contributed by atoms with E-state index in [9.17, 15) is 9.59 Å². The van der Waals surface area contributed by atoms with E-state index in [4.69, 9.17) is 4.40 Å². The highest BCUT2D eigenvalue weighted by Gasteiger charge is 2.51. The monoisotopic (exact) mass is 402 g/mol. The fourth-order valence-corrected chi connectivity index (χ4v) is 6.62. The second kappa shape index (κ2) is 6.92. The third kappa shape index (κ3) is 2.76. The van der Waals surface area contributed by atoms with E-state index in [0.29, 0.717) is 23.0 Å². The molecule has 6 rings (SSSR count). The maximum Gasteiger partial charge on any atom is 0.263 e. The first-order valence-electron chi connectivity index (χ1n) is 9.55. The quantitative estimate of drug-likeness (QED) is 0.570. The van der Waals surface area contributed by atoms with Crippen LogP contribution < -0.4 is 0 Å². The molecule has 3 fully saturated rings. The van der Waals surface area contributed by atoms with Crippen LogP contribution in [0, 0.1) is 11.8 Å². The van der Waals surface area contributed by atoms with Crippen molar-refractivity contribution in [2.24, 2.45) is 16.2 Å². The maximum atomic E-state index is 13.1. The fourth-order valence-electron chi connectivity index (χ4n) is 4.72. The lowest BCUT2D eigenvalue weighted by Gasteiger charge is -2.46. The van der Waals surface area contributed by atoms with Gasteiger partial charge in [-0.1, -0.05) is 31.0 Å². The SMILES string of the molecule is CCSN1SN=C(C2CN3CCC2CC3)C1N1C(=O)c2ccccc2C1=O. The summed E-state index contributed by atoms with van der Waals surface area (Å²) < 4.78 is 6.84. The highest BCUT2D eigenvalue weighted by molar-refractivity contribution is 8.11. The Kier molecular flexibility index (Phi) is 4.54. The van der Waals surface area contributed by atoms with E-state index in [2.05, 4.69) is 11.8 Å². The van der Waals surface area contributed by atoms with Crippen molar-refractivity contribution in [3.63, 3.8) is 0 Å². The second-order valence-corrected chi connectivity index (χ2v) is 9.64. The van der Waals surface area contributed by atoms with E-state index >= 15 is 0 Å². The minimum Gasteiger partial charge on any atom is -0.303 e. The van der Waals surface area contributed by atoms with Gasteiger partial charge in [-0.2, -0.15) is 0 Å². The molecule has 142 valence electrons. The number of piperidine rings is 3. The molecule has 2 amide bonds. The van der Waals surface area contributed by atoms with Gasteiger partial charge < -0.3 is 4.90 Å². The van der Waals surface area contributed by atoms with E-state index in [1.807, 2.05) is 15.8 Å². The summed E-state index contributed by atoms with van der Waals surface area (Å²) in [5.74, 6) is 1.42. The molecule has 27 heavy (non-hydrogen) atoms. The molecule has 2 atom stereocenters. The molecule has 0 saturated carbocycles. The zero-order chi connectivity index (χ0) is 18.5. The standard InChI is InChI=1S/C19H22N4O2S2/c1-2-26-23-17(22-18(24)13-5-3-4-6-14(13)19(22)25)16(20-27-23)15-11-21-9-7-12(15)8-10-21/h3-6,12,15,17H,2,7-11H2,1H3. The van der Waals surface area contributed by atoms with Crippen LogP contribution in [0.5, 0.6) is 0 Å². The number of carbonyl (C=O) groups is 2. The van der Waals surface area contributed by atoms with E-state index in [0.717, 1.165) is 31.1 Å². The van der Waals surface area contributed by atoms with Crippen LogP contribution in [-0.4, -0.2) is 62.6 Å². The van der Waals surface area contributed by atoms with Crippen LogP contribution in [0.4, 0.5) is 0 Å². The van der Waals surface area contributed by atoms with Gasteiger partial charge in [0.15, 0.2) is 6.17 Å². The third-order valence-corrected chi connectivity index (χ3v) is 7.94. The number of hydrogen-bond acceptors (Lipinski definition) is 7. The molecule has 5 aliphatic heterocycles. The Morgan fingerprint density at radius 3 is 2.37 bits per heavy atom. The van der Waals surface area contributed by atoms with Crippen LogP contribution in [0.15, 0.2) is 28.7 Å². The van der Waals surface area contributed by atoms with Gasteiger partial charge in [-0.15, -0.1) is 3.71 Å². The van der Waals surface area contributed by atoms with E-state index < -0.39 is 6.17 Å². The van der Waals surface area contributed by atoms with E-state index in [1.54, 1.807) is 24.1 Å². The average Bonchev–Trinajstić information content (AvgIpc) is 3.22. The Hall–Kier alpha value is -1.35. The van der Waals surface area contributed by atoms with Crippen molar-refractivity contribution in [3.05, 3.63) is 35.4 Å². The van der Waals surface area contributed by atoms with Gasteiger partial charge in [-0.05, 0) is 44.0 Å². The Labute approximate surface area is 167 Å². The first-order valence-corrected chi connectivity index (χ1v) is 11.2. The van der Waals surface area contributed by atoms with Crippen molar-refractivity contribution in [1.29, 1.82) is 0 Å². The minimum atomic E-state index is -0.391. The van der Waals surface area contributed by atoms with Crippen molar-refractivity contribution in [3.8, 4) is 0 Å². The molecule has 2 unspecified atom stereocenters. The van der Waals surface area contributed by atoms with Crippen LogP contribution in [0.3, 0.4) is 0 Å². The molecule has 5 aliphatic rings. The lowest BCUT2D eigenvalue weighted by molar-refractivity contribution is 0.0559. The summed E-state index contributed by atoms with van der Waals surface area (Å²) in [6, 6.07) is 7.13.